The molecule has 0 aliphatic rings. The van der Waals surface area contributed by atoms with Gasteiger partial charge in [0.1, 0.15) is 5.84 Å². The molecule has 0 fully saturated rings. The van der Waals surface area contributed by atoms with Crippen LogP contribution in [0, 0.1) is 19.3 Å². The zero-order valence-electron chi connectivity index (χ0n) is 12.6. The molecule has 0 radical (unpaired) electrons. The highest BCUT2D eigenvalue weighted by Gasteiger charge is 2.09. The maximum absolute atomic E-state index is 7.44. The fraction of sp³-hybridized carbons (Fsp3) is 0.235. The largest absolute Gasteiger partial charge is 0.384 e. The van der Waals surface area contributed by atoms with Gasteiger partial charge in [-0.3, -0.25) is 5.41 Å². The Hall–Kier alpha value is -2.00. The molecular formula is C17H20ClN3. The lowest BCUT2D eigenvalue weighted by atomic mass is 10.1. The van der Waals surface area contributed by atoms with Crippen LogP contribution in [0.4, 0.5) is 5.69 Å². The predicted molar refractivity (Wildman–Crippen MR) is 90.5 cm³/mol. The zero-order valence-corrected chi connectivity index (χ0v) is 13.3. The molecule has 2 aromatic rings. The summed E-state index contributed by atoms with van der Waals surface area (Å²) in [6.45, 7) is 4.91. The van der Waals surface area contributed by atoms with Gasteiger partial charge in [-0.1, -0.05) is 41.4 Å². The number of rotatable bonds is 4. The highest BCUT2D eigenvalue weighted by atomic mass is 35.5. The second kappa shape index (κ2) is 6.19. The number of nitrogens with one attached hydrogen (secondary N) is 1. The van der Waals surface area contributed by atoms with Crippen molar-refractivity contribution in [2.24, 2.45) is 5.73 Å². The number of nitrogen functional groups attached to an aromatic ring is 1. The Labute approximate surface area is 130 Å². The molecule has 0 bridgehead atoms. The minimum atomic E-state index is 0.0335. The summed E-state index contributed by atoms with van der Waals surface area (Å²) in [4.78, 5) is 2.17. The Kier molecular flexibility index (Phi) is 4.53. The standard InChI is InChI=1S/C17H20ClN3/c1-11-4-7-16(12(2)8-11)21(3)10-14-6-5-13(17(19)20)9-15(14)18/h4-9H,10H2,1-3H3,(H3,19,20). The highest BCUT2D eigenvalue weighted by molar-refractivity contribution is 6.31. The summed E-state index contributed by atoms with van der Waals surface area (Å²) < 4.78 is 0. The summed E-state index contributed by atoms with van der Waals surface area (Å²) in [5.74, 6) is 0.0335. The molecule has 0 atom stereocenters. The smallest absolute Gasteiger partial charge is 0.122 e. The van der Waals surface area contributed by atoms with Gasteiger partial charge in [0.15, 0.2) is 0 Å². The normalized spacial score (nSPS) is 10.5. The van der Waals surface area contributed by atoms with Crippen molar-refractivity contribution in [3.8, 4) is 0 Å². The quantitative estimate of drug-likeness (QED) is 0.665. The third-order valence-corrected chi connectivity index (χ3v) is 3.89. The number of hydrogen-bond donors (Lipinski definition) is 2. The molecule has 0 amide bonds. The number of halogens is 1. The van der Waals surface area contributed by atoms with Gasteiger partial charge >= 0.3 is 0 Å². The van der Waals surface area contributed by atoms with Crippen LogP contribution in [0.15, 0.2) is 36.4 Å². The van der Waals surface area contributed by atoms with Crippen molar-refractivity contribution in [2.45, 2.75) is 20.4 Å². The van der Waals surface area contributed by atoms with Crippen LogP contribution in [0.1, 0.15) is 22.3 Å². The first-order valence-corrected chi connectivity index (χ1v) is 7.17. The molecule has 0 heterocycles. The lowest BCUT2D eigenvalue weighted by Gasteiger charge is -2.22. The van der Waals surface area contributed by atoms with Crippen LogP contribution in [-0.2, 0) is 6.54 Å². The average molecular weight is 302 g/mol. The Morgan fingerprint density at radius 3 is 2.48 bits per heavy atom. The minimum Gasteiger partial charge on any atom is -0.384 e. The minimum absolute atomic E-state index is 0.0335. The fourth-order valence-electron chi connectivity index (χ4n) is 2.42. The summed E-state index contributed by atoms with van der Waals surface area (Å²) in [7, 11) is 2.05. The van der Waals surface area contributed by atoms with E-state index in [9.17, 15) is 0 Å². The van der Waals surface area contributed by atoms with Crippen molar-refractivity contribution in [1.82, 2.24) is 0 Å². The first-order valence-electron chi connectivity index (χ1n) is 6.79. The molecule has 110 valence electrons. The van der Waals surface area contributed by atoms with Gasteiger partial charge in [-0.05, 0) is 37.1 Å². The van der Waals surface area contributed by atoms with E-state index in [1.807, 2.05) is 19.2 Å². The monoisotopic (exact) mass is 301 g/mol. The Bertz CT molecular complexity index is 680. The third kappa shape index (κ3) is 3.56. The van der Waals surface area contributed by atoms with Gasteiger partial charge in [-0.25, -0.2) is 0 Å². The molecule has 4 heteroatoms. The van der Waals surface area contributed by atoms with Gasteiger partial charge in [0, 0.05) is 29.9 Å². The van der Waals surface area contributed by atoms with Crippen LogP contribution in [0.5, 0.6) is 0 Å². The maximum Gasteiger partial charge on any atom is 0.122 e. The molecule has 0 spiro atoms. The van der Waals surface area contributed by atoms with E-state index in [1.165, 1.54) is 16.8 Å². The Morgan fingerprint density at radius 2 is 1.90 bits per heavy atom. The zero-order chi connectivity index (χ0) is 15.6. The van der Waals surface area contributed by atoms with E-state index in [2.05, 4.69) is 36.9 Å². The van der Waals surface area contributed by atoms with Gasteiger partial charge in [0.2, 0.25) is 0 Å². The van der Waals surface area contributed by atoms with Crippen molar-refractivity contribution < 1.29 is 0 Å². The molecule has 3 nitrogen and oxygen atoms in total. The summed E-state index contributed by atoms with van der Waals surface area (Å²) in [5, 5.41) is 8.07. The van der Waals surface area contributed by atoms with Crippen molar-refractivity contribution >= 4 is 23.1 Å². The second-order valence-corrected chi connectivity index (χ2v) is 5.77. The van der Waals surface area contributed by atoms with Crippen LogP contribution in [0.2, 0.25) is 5.02 Å². The van der Waals surface area contributed by atoms with Gasteiger partial charge in [0.05, 0.1) is 0 Å². The number of hydrogen-bond acceptors (Lipinski definition) is 2. The summed E-state index contributed by atoms with van der Waals surface area (Å²) >= 11 is 6.29. The number of nitrogens with two attached hydrogens (primary N) is 1. The Balaban J connectivity index is 2.23. The van der Waals surface area contributed by atoms with Gasteiger partial charge in [-0.15, -0.1) is 0 Å². The lowest BCUT2D eigenvalue weighted by molar-refractivity contribution is 0.917. The van der Waals surface area contributed by atoms with Crippen molar-refractivity contribution in [3.63, 3.8) is 0 Å². The van der Waals surface area contributed by atoms with Gasteiger partial charge < -0.3 is 10.6 Å². The Morgan fingerprint density at radius 1 is 1.19 bits per heavy atom. The summed E-state index contributed by atoms with van der Waals surface area (Å²) in [6, 6.07) is 11.9. The third-order valence-electron chi connectivity index (χ3n) is 3.54. The van der Waals surface area contributed by atoms with Crippen molar-refractivity contribution in [2.75, 3.05) is 11.9 Å². The van der Waals surface area contributed by atoms with Crippen LogP contribution >= 0.6 is 11.6 Å². The predicted octanol–water partition coefficient (Wildman–Crippen LogP) is 3.88. The number of amidine groups is 1. The van der Waals surface area contributed by atoms with Crippen LogP contribution < -0.4 is 10.6 Å². The number of benzene rings is 2. The first-order chi connectivity index (χ1) is 9.88. The highest BCUT2D eigenvalue weighted by Crippen LogP contribution is 2.25. The summed E-state index contributed by atoms with van der Waals surface area (Å²) in [5.41, 5.74) is 10.8. The molecule has 0 unspecified atom stereocenters. The van der Waals surface area contributed by atoms with E-state index in [4.69, 9.17) is 22.7 Å². The number of nitrogens with zero attached hydrogens (tertiary/aromatic N) is 1. The molecule has 2 aromatic carbocycles. The van der Waals surface area contributed by atoms with Crippen molar-refractivity contribution in [1.29, 1.82) is 5.41 Å². The van der Waals surface area contributed by atoms with Gasteiger partial charge in [0.25, 0.3) is 0 Å². The van der Waals surface area contributed by atoms with E-state index in [0.29, 0.717) is 17.1 Å². The second-order valence-electron chi connectivity index (χ2n) is 5.37. The molecule has 2 rings (SSSR count). The van der Waals surface area contributed by atoms with E-state index < -0.39 is 0 Å². The van der Waals surface area contributed by atoms with Crippen LogP contribution in [-0.4, -0.2) is 12.9 Å². The lowest BCUT2D eigenvalue weighted by Crippen LogP contribution is -2.18. The molecule has 3 N–H and O–H groups in total. The average Bonchev–Trinajstić information content (AvgIpc) is 2.40. The van der Waals surface area contributed by atoms with Gasteiger partial charge in [-0.2, -0.15) is 0 Å². The molecule has 0 saturated carbocycles. The molecule has 0 aliphatic carbocycles. The molecule has 0 saturated heterocycles. The number of anilines is 1. The van der Waals surface area contributed by atoms with E-state index >= 15 is 0 Å². The van der Waals surface area contributed by atoms with Crippen LogP contribution in [0.3, 0.4) is 0 Å². The molecule has 0 aromatic heterocycles. The maximum atomic E-state index is 7.44. The van der Waals surface area contributed by atoms with E-state index in [0.717, 1.165) is 5.56 Å². The van der Waals surface area contributed by atoms with E-state index in [-0.39, 0.29) is 5.84 Å². The molecule has 21 heavy (non-hydrogen) atoms. The summed E-state index contributed by atoms with van der Waals surface area (Å²) in [6.07, 6.45) is 0. The topological polar surface area (TPSA) is 53.1 Å². The SMILES string of the molecule is Cc1ccc(N(C)Cc2ccc(C(=N)N)cc2Cl)c(C)c1. The molecular weight excluding hydrogens is 282 g/mol. The van der Waals surface area contributed by atoms with Crippen molar-refractivity contribution in [3.05, 3.63) is 63.7 Å². The number of aryl methyl sites for hydroxylation is 2. The van der Waals surface area contributed by atoms with Crippen LogP contribution in [0.25, 0.3) is 0 Å². The fourth-order valence-corrected chi connectivity index (χ4v) is 2.66. The van der Waals surface area contributed by atoms with E-state index in [1.54, 1.807) is 6.07 Å². The first kappa shape index (κ1) is 15.4. The molecule has 0 aliphatic heterocycles.